The van der Waals surface area contributed by atoms with Crippen molar-refractivity contribution in [3.63, 3.8) is 0 Å². The van der Waals surface area contributed by atoms with Crippen LogP contribution in [-0.2, 0) is 26.9 Å². The molecule has 0 saturated heterocycles. The summed E-state index contributed by atoms with van der Waals surface area (Å²) < 4.78 is 30.6. The summed E-state index contributed by atoms with van der Waals surface area (Å²) in [5.41, 5.74) is 3.22. The first kappa shape index (κ1) is 18.2. The van der Waals surface area contributed by atoms with E-state index in [2.05, 4.69) is 15.3 Å². The first-order valence-electron chi connectivity index (χ1n) is 8.57. The van der Waals surface area contributed by atoms with Crippen molar-refractivity contribution in [1.29, 1.82) is 0 Å². The Morgan fingerprint density at radius 3 is 2.71 bits per heavy atom. The number of carbonyl (C=O) groups is 1. The van der Waals surface area contributed by atoms with E-state index >= 15 is 0 Å². The van der Waals surface area contributed by atoms with Gasteiger partial charge in [-0.05, 0) is 24.3 Å². The number of aromatic nitrogens is 3. The van der Waals surface area contributed by atoms with Gasteiger partial charge in [0.1, 0.15) is 23.6 Å². The number of oxazole rings is 1. The van der Waals surface area contributed by atoms with Crippen LogP contribution >= 0.6 is 0 Å². The molecule has 4 aromatic rings. The molecule has 0 saturated carbocycles. The Kier molecular flexibility index (Phi) is 4.38. The Balaban J connectivity index is 1.62. The molecular weight excluding hydrogens is 380 g/mol. The molecule has 0 aliphatic carbocycles. The molecule has 1 N–H and O–H groups in total. The summed E-state index contributed by atoms with van der Waals surface area (Å²) in [6.07, 6.45) is 1.14. The summed E-state index contributed by atoms with van der Waals surface area (Å²) in [5.74, 6) is 0.348. The molecule has 8 nitrogen and oxygen atoms in total. The zero-order valence-electron chi connectivity index (χ0n) is 15.3. The summed E-state index contributed by atoms with van der Waals surface area (Å²) in [4.78, 5) is 21.2. The van der Waals surface area contributed by atoms with Gasteiger partial charge in [-0.15, -0.1) is 0 Å². The SMILES string of the molecule is Cc1nc2ccc(NC(=O)Cn3c(CS(C)(=O)=O)nc4ccccc43)cc2o1. The van der Waals surface area contributed by atoms with Crippen molar-refractivity contribution in [2.45, 2.75) is 19.2 Å². The van der Waals surface area contributed by atoms with Gasteiger partial charge in [0.2, 0.25) is 5.91 Å². The van der Waals surface area contributed by atoms with Crippen LogP contribution in [0.4, 0.5) is 5.69 Å². The molecule has 4 rings (SSSR count). The Hall–Kier alpha value is -3.20. The third kappa shape index (κ3) is 3.74. The van der Waals surface area contributed by atoms with Gasteiger partial charge >= 0.3 is 0 Å². The van der Waals surface area contributed by atoms with Gasteiger partial charge in [-0.1, -0.05) is 12.1 Å². The standard InChI is InChI=1S/C19H18N4O4S/c1-12-20-15-8-7-13(9-17(15)27-12)21-19(24)10-23-16-6-4-3-5-14(16)22-18(23)11-28(2,25)26/h3-9H,10-11H2,1-2H3,(H,21,24). The van der Waals surface area contributed by atoms with E-state index in [1.807, 2.05) is 18.2 Å². The van der Waals surface area contributed by atoms with Crippen molar-refractivity contribution in [3.8, 4) is 0 Å². The molecule has 0 spiro atoms. The minimum atomic E-state index is -3.30. The highest BCUT2D eigenvalue weighted by Crippen LogP contribution is 2.21. The Labute approximate surface area is 161 Å². The lowest BCUT2D eigenvalue weighted by Crippen LogP contribution is -2.21. The number of anilines is 1. The summed E-state index contributed by atoms with van der Waals surface area (Å²) in [5, 5.41) is 2.81. The number of rotatable bonds is 5. The second-order valence-electron chi connectivity index (χ2n) is 6.64. The first-order valence-corrected chi connectivity index (χ1v) is 10.6. The van der Waals surface area contributed by atoms with E-state index in [-0.39, 0.29) is 18.2 Å². The molecule has 2 aromatic heterocycles. The lowest BCUT2D eigenvalue weighted by molar-refractivity contribution is -0.116. The molecule has 9 heteroatoms. The largest absolute Gasteiger partial charge is 0.441 e. The van der Waals surface area contributed by atoms with Crippen molar-refractivity contribution in [1.82, 2.24) is 14.5 Å². The Bertz CT molecular complexity index is 1300. The smallest absolute Gasteiger partial charge is 0.244 e. The number of fused-ring (bicyclic) bond motifs is 2. The molecular formula is C19H18N4O4S. The van der Waals surface area contributed by atoms with E-state index in [1.54, 1.807) is 35.8 Å². The molecule has 144 valence electrons. The highest BCUT2D eigenvalue weighted by molar-refractivity contribution is 7.89. The highest BCUT2D eigenvalue weighted by Gasteiger charge is 2.17. The van der Waals surface area contributed by atoms with Crippen LogP contribution in [0.3, 0.4) is 0 Å². The zero-order chi connectivity index (χ0) is 19.9. The molecule has 28 heavy (non-hydrogen) atoms. The number of amides is 1. The quantitative estimate of drug-likeness (QED) is 0.554. The van der Waals surface area contributed by atoms with Crippen LogP contribution in [-0.4, -0.2) is 35.1 Å². The average molecular weight is 398 g/mol. The maximum Gasteiger partial charge on any atom is 0.244 e. The normalized spacial score (nSPS) is 11.9. The number of nitrogens with zero attached hydrogens (tertiary/aromatic N) is 3. The maximum absolute atomic E-state index is 12.6. The molecule has 0 radical (unpaired) electrons. The van der Waals surface area contributed by atoms with Gasteiger partial charge in [-0.3, -0.25) is 4.79 Å². The van der Waals surface area contributed by atoms with Gasteiger partial charge in [-0.2, -0.15) is 0 Å². The number of aryl methyl sites for hydroxylation is 1. The van der Waals surface area contributed by atoms with Gasteiger partial charge < -0.3 is 14.3 Å². The molecule has 0 bridgehead atoms. The van der Waals surface area contributed by atoms with Gasteiger partial charge in [-0.25, -0.2) is 18.4 Å². The van der Waals surface area contributed by atoms with E-state index in [4.69, 9.17) is 4.42 Å². The fourth-order valence-electron chi connectivity index (χ4n) is 3.11. The summed E-state index contributed by atoms with van der Waals surface area (Å²) >= 11 is 0. The number of sulfone groups is 1. The minimum Gasteiger partial charge on any atom is -0.441 e. The first-order chi connectivity index (χ1) is 13.3. The third-order valence-corrected chi connectivity index (χ3v) is 4.99. The molecule has 0 aliphatic heterocycles. The number of hydrogen-bond donors (Lipinski definition) is 1. The zero-order valence-corrected chi connectivity index (χ0v) is 16.2. The number of imidazole rings is 1. The van der Waals surface area contributed by atoms with Crippen LogP contribution in [0.1, 0.15) is 11.7 Å². The number of nitrogens with one attached hydrogen (secondary N) is 1. The molecule has 2 heterocycles. The van der Waals surface area contributed by atoms with Crippen LogP contribution < -0.4 is 5.32 Å². The number of benzene rings is 2. The van der Waals surface area contributed by atoms with E-state index in [0.29, 0.717) is 39.5 Å². The van der Waals surface area contributed by atoms with E-state index in [1.165, 1.54) is 0 Å². The van der Waals surface area contributed by atoms with Crippen LogP contribution in [0.25, 0.3) is 22.1 Å². The number of carbonyl (C=O) groups excluding carboxylic acids is 1. The fourth-order valence-corrected chi connectivity index (χ4v) is 3.80. The third-order valence-electron chi connectivity index (χ3n) is 4.21. The minimum absolute atomic E-state index is 0.0567. The Morgan fingerprint density at radius 2 is 1.93 bits per heavy atom. The predicted octanol–water partition coefficient (Wildman–Crippen LogP) is 2.67. The lowest BCUT2D eigenvalue weighted by Gasteiger charge is -2.10. The van der Waals surface area contributed by atoms with Crippen LogP contribution in [0.15, 0.2) is 46.9 Å². The van der Waals surface area contributed by atoms with Crippen molar-refractivity contribution in [2.24, 2.45) is 0 Å². The van der Waals surface area contributed by atoms with Crippen molar-refractivity contribution in [2.75, 3.05) is 11.6 Å². The fraction of sp³-hybridized carbons (Fsp3) is 0.211. The number of hydrogen-bond acceptors (Lipinski definition) is 6. The molecule has 0 fully saturated rings. The lowest BCUT2D eigenvalue weighted by atomic mass is 10.3. The molecule has 0 aliphatic rings. The van der Waals surface area contributed by atoms with Crippen LogP contribution in [0.2, 0.25) is 0 Å². The average Bonchev–Trinajstić information content (AvgIpc) is 3.13. The highest BCUT2D eigenvalue weighted by atomic mass is 32.2. The molecule has 2 aromatic carbocycles. The van der Waals surface area contributed by atoms with Crippen molar-refractivity contribution < 1.29 is 17.6 Å². The molecule has 0 atom stereocenters. The van der Waals surface area contributed by atoms with Crippen LogP contribution in [0, 0.1) is 6.92 Å². The second kappa shape index (κ2) is 6.75. The van der Waals surface area contributed by atoms with Gasteiger partial charge in [0.15, 0.2) is 21.3 Å². The summed E-state index contributed by atoms with van der Waals surface area (Å²) in [6.45, 7) is 1.70. The van der Waals surface area contributed by atoms with E-state index in [0.717, 1.165) is 6.26 Å². The second-order valence-corrected chi connectivity index (χ2v) is 8.78. The van der Waals surface area contributed by atoms with E-state index in [9.17, 15) is 13.2 Å². The predicted molar refractivity (Wildman–Crippen MR) is 106 cm³/mol. The van der Waals surface area contributed by atoms with Crippen molar-refractivity contribution in [3.05, 3.63) is 54.2 Å². The van der Waals surface area contributed by atoms with Gasteiger partial charge in [0.05, 0.1) is 11.0 Å². The van der Waals surface area contributed by atoms with Crippen LogP contribution in [0.5, 0.6) is 0 Å². The topological polar surface area (TPSA) is 107 Å². The van der Waals surface area contributed by atoms with Gasteiger partial charge in [0, 0.05) is 24.9 Å². The van der Waals surface area contributed by atoms with E-state index < -0.39 is 9.84 Å². The maximum atomic E-state index is 12.6. The summed E-state index contributed by atoms with van der Waals surface area (Å²) in [6, 6.07) is 12.5. The summed E-state index contributed by atoms with van der Waals surface area (Å²) in [7, 11) is -3.30. The molecule has 0 unspecified atom stereocenters. The monoisotopic (exact) mass is 398 g/mol. The van der Waals surface area contributed by atoms with Crippen molar-refractivity contribution >= 4 is 43.6 Å². The molecule has 1 amide bonds. The Morgan fingerprint density at radius 1 is 1.14 bits per heavy atom. The van der Waals surface area contributed by atoms with Gasteiger partial charge in [0.25, 0.3) is 0 Å². The number of para-hydroxylation sites is 2.